The first-order chi connectivity index (χ1) is 13.1. The molecular weight excluding hydrogens is 369 g/mol. The van der Waals surface area contributed by atoms with E-state index < -0.39 is 12.2 Å². The molecule has 2 atom stereocenters. The third-order valence-corrected chi connectivity index (χ3v) is 5.11. The number of nitrogens with zero attached hydrogens (tertiary/aromatic N) is 5. The van der Waals surface area contributed by atoms with E-state index in [-0.39, 0.29) is 0 Å². The average molecular weight is 403 g/mol. The maximum absolute atomic E-state index is 12.9. The van der Waals surface area contributed by atoms with Crippen LogP contribution in [0.2, 0.25) is 0 Å². The third-order valence-electron chi connectivity index (χ3n) is 5.11. The summed E-state index contributed by atoms with van der Waals surface area (Å²) in [5, 5.41) is 7.77. The number of hydrogen-bond donors (Lipinski definition) is 1. The van der Waals surface area contributed by atoms with Gasteiger partial charge in [0.05, 0.1) is 5.69 Å². The van der Waals surface area contributed by atoms with Crippen LogP contribution in [-0.2, 0) is 6.54 Å². The zero-order valence-electron chi connectivity index (χ0n) is 17.6. The van der Waals surface area contributed by atoms with E-state index in [1.807, 2.05) is 25.5 Å². The molecule has 0 amide bonds. The number of rotatable bonds is 6. The van der Waals surface area contributed by atoms with Crippen LogP contribution in [0.3, 0.4) is 0 Å². The Bertz CT molecular complexity index is 647. The number of alkyl halides is 3. The van der Waals surface area contributed by atoms with Gasteiger partial charge >= 0.3 is 6.18 Å². The number of aliphatic imine (C=N–C) groups is 1. The molecule has 160 valence electrons. The minimum Gasteiger partial charge on any atom is -0.357 e. The van der Waals surface area contributed by atoms with E-state index in [4.69, 9.17) is 4.99 Å². The second-order valence-corrected chi connectivity index (χ2v) is 7.65. The maximum atomic E-state index is 12.9. The highest BCUT2D eigenvalue weighted by Crippen LogP contribution is 2.25. The summed E-state index contributed by atoms with van der Waals surface area (Å²) < 4.78 is 40.8. The molecule has 1 N–H and O–H groups in total. The SMILES string of the molecule is CCNC(=NCC(C)Cn1nc(C)cc1C)N1CCN(C(C)C(F)(F)F)CC1. The first-order valence-corrected chi connectivity index (χ1v) is 9.96. The van der Waals surface area contributed by atoms with Crippen molar-refractivity contribution in [3.05, 3.63) is 17.5 Å². The van der Waals surface area contributed by atoms with Crippen molar-refractivity contribution in [2.75, 3.05) is 39.3 Å². The van der Waals surface area contributed by atoms with E-state index in [1.165, 1.54) is 11.8 Å². The molecule has 1 aromatic rings. The molecule has 6 nitrogen and oxygen atoms in total. The Labute approximate surface area is 165 Å². The molecule has 9 heteroatoms. The summed E-state index contributed by atoms with van der Waals surface area (Å²) in [7, 11) is 0. The van der Waals surface area contributed by atoms with Crippen molar-refractivity contribution in [1.29, 1.82) is 0 Å². The van der Waals surface area contributed by atoms with Crippen molar-refractivity contribution < 1.29 is 13.2 Å². The second kappa shape index (κ2) is 9.62. The molecule has 0 saturated carbocycles. The zero-order chi connectivity index (χ0) is 20.9. The number of nitrogens with one attached hydrogen (secondary N) is 1. The normalized spacial score (nSPS) is 19.0. The Morgan fingerprint density at radius 1 is 1.21 bits per heavy atom. The third kappa shape index (κ3) is 6.12. The highest BCUT2D eigenvalue weighted by molar-refractivity contribution is 5.80. The monoisotopic (exact) mass is 402 g/mol. The van der Waals surface area contributed by atoms with Crippen molar-refractivity contribution in [2.45, 2.75) is 53.4 Å². The predicted molar refractivity (Wildman–Crippen MR) is 106 cm³/mol. The van der Waals surface area contributed by atoms with E-state index in [0.29, 0.717) is 38.6 Å². The Morgan fingerprint density at radius 2 is 1.86 bits per heavy atom. The predicted octanol–water partition coefficient (Wildman–Crippen LogP) is 2.67. The first kappa shape index (κ1) is 22.5. The molecule has 2 unspecified atom stereocenters. The van der Waals surface area contributed by atoms with Crippen LogP contribution < -0.4 is 5.32 Å². The molecule has 0 spiro atoms. The van der Waals surface area contributed by atoms with Crippen molar-refractivity contribution in [2.24, 2.45) is 10.9 Å². The van der Waals surface area contributed by atoms with Gasteiger partial charge in [0.1, 0.15) is 6.04 Å². The molecule has 1 aromatic heterocycles. The number of aryl methyl sites for hydroxylation is 2. The summed E-state index contributed by atoms with van der Waals surface area (Å²) in [6, 6.07) is 0.650. The first-order valence-electron chi connectivity index (χ1n) is 9.96. The minimum atomic E-state index is -4.18. The van der Waals surface area contributed by atoms with Crippen molar-refractivity contribution in [1.82, 2.24) is 24.9 Å². The standard InChI is InChI=1S/C19H33F3N6/c1-6-23-18(24-12-14(2)13-28-16(4)11-15(3)25-28)27-9-7-26(8-10-27)17(5)19(20,21)22/h11,14,17H,6-10,12-13H2,1-5H3,(H,23,24). The van der Waals surface area contributed by atoms with Gasteiger partial charge in [-0.1, -0.05) is 6.92 Å². The summed E-state index contributed by atoms with van der Waals surface area (Å²) in [6.45, 7) is 13.4. The Morgan fingerprint density at radius 3 is 2.36 bits per heavy atom. The van der Waals surface area contributed by atoms with E-state index >= 15 is 0 Å². The lowest BCUT2D eigenvalue weighted by atomic mass is 10.2. The second-order valence-electron chi connectivity index (χ2n) is 7.65. The molecule has 0 aromatic carbocycles. The maximum Gasteiger partial charge on any atom is 0.403 e. The van der Waals surface area contributed by atoms with Crippen molar-refractivity contribution in [3.8, 4) is 0 Å². The van der Waals surface area contributed by atoms with Crippen LogP contribution in [0.5, 0.6) is 0 Å². The number of aromatic nitrogens is 2. The molecule has 0 aliphatic carbocycles. The van der Waals surface area contributed by atoms with Gasteiger partial charge < -0.3 is 10.2 Å². The summed E-state index contributed by atoms with van der Waals surface area (Å²) >= 11 is 0. The Kier molecular flexibility index (Phi) is 7.74. The summed E-state index contributed by atoms with van der Waals surface area (Å²) in [5.74, 6) is 1.08. The summed E-state index contributed by atoms with van der Waals surface area (Å²) in [4.78, 5) is 8.28. The molecular formula is C19H33F3N6. The Balaban J connectivity index is 1.92. The molecule has 1 aliphatic heterocycles. The lowest BCUT2D eigenvalue weighted by Crippen LogP contribution is -2.56. The van der Waals surface area contributed by atoms with Gasteiger partial charge in [-0.3, -0.25) is 14.6 Å². The number of guanidine groups is 1. The lowest BCUT2D eigenvalue weighted by Gasteiger charge is -2.39. The van der Waals surface area contributed by atoms with Crippen LogP contribution in [0.1, 0.15) is 32.2 Å². The topological polar surface area (TPSA) is 48.7 Å². The van der Waals surface area contributed by atoms with Crippen LogP contribution in [0.25, 0.3) is 0 Å². The molecule has 0 bridgehead atoms. The summed E-state index contributed by atoms with van der Waals surface area (Å²) in [5.41, 5.74) is 2.14. The van der Waals surface area contributed by atoms with Crippen LogP contribution in [0.15, 0.2) is 11.1 Å². The van der Waals surface area contributed by atoms with Gasteiger partial charge in [0, 0.05) is 51.5 Å². The number of piperazine rings is 1. The quantitative estimate of drug-likeness (QED) is 0.587. The molecule has 0 radical (unpaired) electrons. The smallest absolute Gasteiger partial charge is 0.357 e. The number of hydrogen-bond acceptors (Lipinski definition) is 3. The highest BCUT2D eigenvalue weighted by Gasteiger charge is 2.41. The van der Waals surface area contributed by atoms with E-state index in [1.54, 1.807) is 0 Å². The van der Waals surface area contributed by atoms with Crippen molar-refractivity contribution >= 4 is 5.96 Å². The molecule has 28 heavy (non-hydrogen) atoms. The highest BCUT2D eigenvalue weighted by atomic mass is 19.4. The summed E-state index contributed by atoms with van der Waals surface area (Å²) in [6.07, 6.45) is -4.18. The van der Waals surface area contributed by atoms with Gasteiger partial charge in [-0.25, -0.2) is 0 Å². The van der Waals surface area contributed by atoms with Gasteiger partial charge in [0.2, 0.25) is 0 Å². The van der Waals surface area contributed by atoms with Crippen molar-refractivity contribution in [3.63, 3.8) is 0 Å². The van der Waals surface area contributed by atoms with E-state index in [9.17, 15) is 13.2 Å². The number of halogens is 3. The van der Waals surface area contributed by atoms with Crippen LogP contribution >= 0.6 is 0 Å². The molecule has 2 heterocycles. The van der Waals surface area contributed by atoms with Gasteiger partial charge in [-0.15, -0.1) is 0 Å². The molecule has 2 rings (SSSR count). The molecule has 1 fully saturated rings. The fourth-order valence-electron chi connectivity index (χ4n) is 3.41. The van der Waals surface area contributed by atoms with Gasteiger partial charge in [0.15, 0.2) is 5.96 Å². The van der Waals surface area contributed by atoms with Crippen LogP contribution in [0, 0.1) is 19.8 Å². The minimum absolute atomic E-state index is 0.304. The van der Waals surface area contributed by atoms with Gasteiger partial charge in [-0.05, 0) is 39.7 Å². The Hall–Kier alpha value is -1.77. The zero-order valence-corrected chi connectivity index (χ0v) is 17.6. The van der Waals surface area contributed by atoms with E-state index in [0.717, 1.165) is 30.4 Å². The lowest BCUT2D eigenvalue weighted by molar-refractivity contribution is -0.181. The fraction of sp³-hybridized carbons (Fsp3) is 0.789. The molecule has 1 saturated heterocycles. The molecule has 1 aliphatic rings. The average Bonchev–Trinajstić information content (AvgIpc) is 2.94. The van der Waals surface area contributed by atoms with Gasteiger partial charge in [0.25, 0.3) is 0 Å². The van der Waals surface area contributed by atoms with Crippen LogP contribution in [0.4, 0.5) is 13.2 Å². The van der Waals surface area contributed by atoms with Crippen LogP contribution in [-0.4, -0.2) is 77.0 Å². The van der Waals surface area contributed by atoms with E-state index in [2.05, 4.69) is 28.3 Å². The van der Waals surface area contributed by atoms with Gasteiger partial charge in [-0.2, -0.15) is 18.3 Å². The fourth-order valence-corrected chi connectivity index (χ4v) is 3.41. The largest absolute Gasteiger partial charge is 0.403 e.